The van der Waals surface area contributed by atoms with Crippen LogP contribution in [0.5, 0.6) is 0 Å². The van der Waals surface area contributed by atoms with Crippen LogP contribution in [0.3, 0.4) is 0 Å². The lowest BCUT2D eigenvalue weighted by molar-refractivity contribution is -0.127. The predicted octanol–water partition coefficient (Wildman–Crippen LogP) is 4.08. The van der Waals surface area contributed by atoms with Gasteiger partial charge in [-0.25, -0.2) is 5.43 Å². The first-order valence-corrected chi connectivity index (χ1v) is 10.3. The number of benzene rings is 2. The zero-order chi connectivity index (χ0) is 20.8. The molecule has 6 heteroatoms. The highest BCUT2D eigenvalue weighted by atomic mass is 35.5. The van der Waals surface area contributed by atoms with Crippen molar-refractivity contribution in [3.63, 3.8) is 0 Å². The maximum absolute atomic E-state index is 13.0. The van der Waals surface area contributed by atoms with Crippen molar-refractivity contribution in [2.75, 3.05) is 6.54 Å². The van der Waals surface area contributed by atoms with Crippen LogP contribution >= 0.6 is 11.6 Å². The van der Waals surface area contributed by atoms with Gasteiger partial charge < -0.3 is 5.01 Å². The van der Waals surface area contributed by atoms with E-state index in [9.17, 15) is 9.59 Å². The topological polar surface area (TPSA) is 61.4 Å². The number of carbonyl (C=O) groups is 2. The number of nitrogens with one attached hydrogen (secondary N) is 2. The van der Waals surface area contributed by atoms with Gasteiger partial charge in [0.25, 0.3) is 5.91 Å². The lowest BCUT2D eigenvalue weighted by Crippen LogP contribution is -2.42. The third-order valence-electron chi connectivity index (χ3n) is 4.99. The van der Waals surface area contributed by atoms with Gasteiger partial charge in [-0.1, -0.05) is 61.0 Å². The molecule has 1 aliphatic rings. The number of carbonyl (C=O) groups excluding carboxylic acids is 2. The fraction of sp³-hybridized carbons (Fsp3) is 0.304. The van der Waals surface area contributed by atoms with Crippen LogP contribution in [0.15, 0.2) is 54.2 Å². The van der Waals surface area contributed by atoms with Crippen molar-refractivity contribution in [3.8, 4) is 0 Å². The van der Waals surface area contributed by atoms with Crippen LogP contribution in [-0.2, 0) is 22.6 Å². The SMILES string of the molecule is CCCNN1Cc2c(Cl)cccc2C(C(=O)NC(=O)CCc2ccccc2)=C1C. The highest BCUT2D eigenvalue weighted by Gasteiger charge is 2.28. The molecule has 0 aromatic heterocycles. The Morgan fingerprint density at radius 2 is 1.86 bits per heavy atom. The number of hydrogen-bond acceptors (Lipinski definition) is 4. The number of imide groups is 1. The van der Waals surface area contributed by atoms with Crippen LogP contribution in [0, 0.1) is 0 Å². The molecule has 2 aromatic carbocycles. The Morgan fingerprint density at radius 1 is 1.10 bits per heavy atom. The number of fused-ring (bicyclic) bond motifs is 1. The lowest BCUT2D eigenvalue weighted by atomic mass is 9.93. The zero-order valence-corrected chi connectivity index (χ0v) is 17.6. The number of aryl methyl sites for hydroxylation is 1. The van der Waals surface area contributed by atoms with Crippen LogP contribution in [0.4, 0.5) is 0 Å². The van der Waals surface area contributed by atoms with Gasteiger partial charge in [-0.15, -0.1) is 0 Å². The van der Waals surface area contributed by atoms with Gasteiger partial charge in [0, 0.05) is 23.7 Å². The summed E-state index contributed by atoms with van der Waals surface area (Å²) in [6, 6.07) is 15.3. The molecule has 1 heterocycles. The summed E-state index contributed by atoms with van der Waals surface area (Å²) in [5.41, 5.74) is 7.30. The summed E-state index contributed by atoms with van der Waals surface area (Å²) in [6.45, 7) is 5.31. The minimum atomic E-state index is -0.396. The second-order valence-electron chi connectivity index (χ2n) is 7.08. The van der Waals surface area contributed by atoms with E-state index in [-0.39, 0.29) is 12.3 Å². The monoisotopic (exact) mass is 411 g/mol. The first-order valence-electron chi connectivity index (χ1n) is 9.89. The Morgan fingerprint density at radius 3 is 2.59 bits per heavy atom. The van der Waals surface area contributed by atoms with E-state index in [1.54, 1.807) is 0 Å². The molecule has 0 saturated carbocycles. The molecule has 0 fully saturated rings. The summed E-state index contributed by atoms with van der Waals surface area (Å²) in [5, 5.41) is 5.10. The van der Waals surface area contributed by atoms with Crippen molar-refractivity contribution in [1.29, 1.82) is 0 Å². The fourth-order valence-electron chi connectivity index (χ4n) is 3.42. The van der Waals surface area contributed by atoms with E-state index in [4.69, 9.17) is 11.6 Å². The molecule has 152 valence electrons. The summed E-state index contributed by atoms with van der Waals surface area (Å²) >= 11 is 6.41. The number of hydrazine groups is 1. The first-order chi connectivity index (χ1) is 14.0. The van der Waals surface area contributed by atoms with E-state index in [0.717, 1.165) is 35.4 Å². The van der Waals surface area contributed by atoms with Gasteiger partial charge >= 0.3 is 0 Å². The van der Waals surface area contributed by atoms with Gasteiger partial charge in [0.05, 0.1) is 12.1 Å². The van der Waals surface area contributed by atoms with Gasteiger partial charge in [-0.2, -0.15) is 0 Å². The molecule has 0 saturated heterocycles. The maximum atomic E-state index is 13.0. The molecule has 3 rings (SSSR count). The molecular formula is C23H26ClN3O2. The van der Waals surface area contributed by atoms with Gasteiger partial charge in [-0.05, 0) is 42.5 Å². The molecule has 2 aromatic rings. The minimum absolute atomic E-state index is 0.252. The quantitative estimate of drug-likeness (QED) is 0.720. The van der Waals surface area contributed by atoms with Crippen molar-refractivity contribution in [2.24, 2.45) is 0 Å². The van der Waals surface area contributed by atoms with E-state index < -0.39 is 5.91 Å². The molecule has 5 nitrogen and oxygen atoms in total. The second-order valence-corrected chi connectivity index (χ2v) is 7.49. The number of allylic oxidation sites excluding steroid dienone is 1. The van der Waals surface area contributed by atoms with Gasteiger partial charge in [0.2, 0.25) is 5.91 Å². The van der Waals surface area contributed by atoms with Crippen LogP contribution in [0.25, 0.3) is 5.57 Å². The Hall–Kier alpha value is -2.63. The van der Waals surface area contributed by atoms with E-state index in [1.165, 1.54) is 0 Å². The Bertz CT molecular complexity index is 925. The summed E-state index contributed by atoms with van der Waals surface area (Å²) in [6.07, 6.45) is 1.80. The molecule has 2 amide bonds. The number of halogens is 1. The molecule has 0 spiro atoms. The van der Waals surface area contributed by atoms with Gasteiger partial charge in [0.1, 0.15) is 0 Å². The van der Waals surface area contributed by atoms with Crippen molar-refractivity contribution >= 4 is 29.0 Å². The highest BCUT2D eigenvalue weighted by molar-refractivity contribution is 6.32. The highest BCUT2D eigenvalue weighted by Crippen LogP contribution is 2.34. The van der Waals surface area contributed by atoms with Crippen molar-refractivity contribution in [2.45, 2.75) is 39.7 Å². The van der Waals surface area contributed by atoms with E-state index in [2.05, 4.69) is 17.7 Å². The number of rotatable bonds is 7. The molecule has 1 aliphatic heterocycles. The molecule has 0 bridgehead atoms. The Kier molecular flexibility index (Phi) is 7.07. The van der Waals surface area contributed by atoms with Crippen LogP contribution in [0.1, 0.15) is 43.4 Å². The largest absolute Gasteiger partial charge is 0.307 e. The number of amides is 2. The third-order valence-corrected chi connectivity index (χ3v) is 5.34. The summed E-state index contributed by atoms with van der Waals surface area (Å²) in [5.74, 6) is -0.687. The van der Waals surface area contributed by atoms with Crippen LogP contribution in [0.2, 0.25) is 5.02 Å². The maximum Gasteiger partial charge on any atom is 0.260 e. The minimum Gasteiger partial charge on any atom is -0.307 e. The average molecular weight is 412 g/mol. The standard InChI is InChI=1S/C23H26ClN3O2/c1-3-14-25-27-15-19-18(10-7-11-20(19)24)22(16(27)2)23(29)26-21(28)13-12-17-8-5-4-6-9-17/h4-11,25H,3,12-15H2,1-2H3,(H,26,28,29). The zero-order valence-electron chi connectivity index (χ0n) is 16.8. The second kappa shape index (κ2) is 9.72. The molecule has 0 atom stereocenters. The molecular weight excluding hydrogens is 386 g/mol. The summed E-state index contributed by atoms with van der Waals surface area (Å²) in [4.78, 5) is 25.4. The number of nitrogens with zero attached hydrogens (tertiary/aromatic N) is 1. The van der Waals surface area contributed by atoms with Crippen molar-refractivity contribution < 1.29 is 9.59 Å². The molecule has 0 radical (unpaired) electrons. The van der Waals surface area contributed by atoms with Crippen LogP contribution in [-0.4, -0.2) is 23.4 Å². The predicted molar refractivity (Wildman–Crippen MR) is 116 cm³/mol. The Balaban J connectivity index is 1.79. The Labute approximate surface area is 176 Å². The van der Waals surface area contributed by atoms with Gasteiger partial charge in [0.15, 0.2) is 0 Å². The first kappa shape index (κ1) is 21.1. The van der Waals surface area contributed by atoms with Gasteiger partial charge in [-0.3, -0.25) is 14.9 Å². The average Bonchev–Trinajstić information content (AvgIpc) is 2.72. The smallest absolute Gasteiger partial charge is 0.260 e. The fourth-order valence-corrected chi connectivity index (χ4v) is 3.66. The lowest BCUT2D eigenvalue weighted by Gasteiger charge is -2.34. The normalized spacial score (nSPS) is 13.3. The third kappa shape index (κ3) is 5.05. The molecule has 29 heavy (non-hydrogen) atoms. The summed E-state index contributed by atoms with van der Waals surface area (Å²) < 4.78 is 0. The van der Waals surface area contributed by atoms with E-state index >= 15 is 0 Å². The van der Waals surface area contributed by atoms with Crippen LogP contribution < -0.4 is 10.7 Å². The molecule has 2 N–H and O–H groups in total. The number of hydrogen-bond donors (Lipinski definition) is 2. The van der Waals surface area contributed by atoms with E-state index in [1.807, 2.05) is 60.5 Å². The summed E-state index contributed by atoms with van der Waals surface area (Å²) in [7, 11) is 0. The molecule has 0 unspecified atom stereocenters. The van der Waals surface area contributed by atoms with E-state index in [0.29, 0.717) is 23.6 Å². The molecule has 0 aliphatic carbocycles. The van der Waals surface area contributed by atoms with Crippen molar-refractivity contribution in [3.05, 3.63) is 75.9 Å². The van der Waals surface area contributed by atoms with Crippen molar-refractivity contribution in [1.82, 2.24) is 15.8 Å².